The number of carbonyl (C=O) groups is 1. The standard InChI is InChI=1S/C24H25FN6OS/c1-2-17-5-3-4-6-20(17)26-22(32)16-29-11-13-30(14-12-29)24-28-31-15-21(27-23(31)33-24)18-7-9-19(25)10-8-18/h3-10,15H,2,11-14,16H2,1H3,(H,26,32). The number of nitrogens with one attached hydrogen (secondary N) is 1. The number of hydrogen-bond acceptors (Lipinski definition) is 6. The fourth-order valence-corrected chi connectivity index (χ4v) is 4.95. The van der Waals surface area contributed by atoms with Crippen molar-refractivity contribution >= 4 is 33.0 Å². The van der Waals surface area contributed by atoms with Gasteiger partial charge < -0.3 is 10.2 Å². The molecule has 2 aromatic heterocycles. The Bertz CT molecular complexity index is 1230. The number of carbonyl (C=O) groups excluding carboxylic acids is 1. The van der Waals surface area contributed by atoms with Crippen LogP contribution in [0.15, 0.2) is 54.7 Å². The Morgan fingerprint density at radius 1 is 1.09 bits per heavy atom. The van der Waals surface area contributed by atoms with Gasteiger partial charge in [0.25, 0.3) is 0 Å². The van der Waals surface area contributed by atoms with Crippen molar-refractivity contribution in [1.82, 2.24) is 19.5 Å². The van der Waals surface area contributed by atoms with Crippen LogP contribution in [-0.4, -0.2) is 58.1 Å². The minimum absolute atomic E-state index is 0.0189. The van der Waals surface area contributed by atoms with Crippen molar-refractivity contribution in [3.8, 4) is 11.3 Å². The highest BCUT2D eigenvalue weighted by Gasteiger charge is 2.22. The van der Waals surface area contributed by atoms with Gasteiger partial charge in [0.05, 0.1) is 18.4 Å². The number of fused-ring (bicyclic) bond motifs is 1. The summed E-state index contributed by atoms with van der Waals surface area (Å²) in [6, 6.07) is 14.2. The van der Waals surface area contributed by atoms with Gasteiger partial charge >= 0.3 is 0 Å². The third-order valence-electron chi connectivity index (χ3n) is 5.85. The van der Waals surface area contributed by atoms with Crippen LogP contribution >= 0.6 is 11.3 Å². The monoisotopic (exact) mass is 464 g/mol. The summed E-state index contributed by atoms with van der Waals surface area (Å²) in [4.78, 5) is 22.4. The number of imidazole rings is 1. The Balaban J connectivity index is 1.17. The molecule has 1 aliphatic rings. The normalized spacial score (nSPS) is 14.7. The zero-order valence-electron chi connectivity index (χ0n) is 18.4. The van der Waals surface area contributed by atoms with E-state index in [0.29, 0.717) is 6.54 Å². The van der Waals surface area contributed by atoms with E-state index < -0.39 is 0 Å². The fraction of sp³-hybridized carbons (Fsp3) is 0.292. The molecule has 1 N–H and O–H groups in total. The lowest BCUT2D eigenvalue weighted by molar-refractivity contribution is -0.117. The SMILES string of the molecule is CCc1ccccc1NC(=O)CN1CCN(c2nn3cc(-c4ccc(F)cc4)nc3s2)CC1. The molecule has 0 spiro atoms. The number of amides is 1. The number of piperazine rings is 1. The van der Waals surface area contributed by atoms with Gasteiger partial charge in [-0.15, -0.1) is 5.10 Å². The number of aryl methyl sites for hydroxylation is 1. The predicted octanol–water partition coefficient (Wildman–Crippen LogP) is 3.92. The maximum atomic E-state index is 13.2. The fourth-order valence-electron chi connectivity index (χ4n) is 4.02. The van der Waals surface area contributed by atoms with Crippen LogP contribution in [0.2, 0.25) is 0 Å². The second kappa shape index (κ2) is 9.29. The van der Waals surface area contributed by atoms with Crippen LogP contribution in [0.4, 0.5) is 15.2 Å². The van der Waals surface area contributed by atoms with Crippen molar-refractivity contribution in [2.45, 2.75) is 13.3 Å². The highest BCUT2D eigenvalue weighted by molar-refractivity contribution is 7.20. The molecule has 3 heterocycles. The quantitative estimate of drug-likeness (QED) is 0.469. The van der Waals surface area contributed by atoms with Crippen LogP contribution in [0.5, 0.6) is 0 Å². The number of anilines is 2. The van der Waals surface area contributed by atoms with Gasteiger partial charge in [-0.25, -0.2) is 13.9 Å². The summed E-state index contributed by atoms with van der Waals surface area (Å²) < 4.78 is 14.9. The maximum Gasteiger partial charge on any atom is 0.238 e. The van der Waals surface area contributed by atoms with Gasteiger partial charge in [0, 0.05) is 37.4 Å². The van der Waals surface area contributed by atoms with E-state index in [-0.39, 0.29) is 11.7 Å². The third-order valence-corrected chi connectivity index (χ3v) is 6.84. The number of para-hydroxylation sites is 1. The zero-order valence-corrected chi connectivity index (χ0v) is 19.2. The summed E-state index contributed by atoms with van der Waals surface area (Å²) in [6.07, 6.45) is 2.76. The van der Waals surface area contributed by atoms with Gasteiger partial charge in [0.1, 0.15) is 5.82 Å². The van der Waals surface area contributed by atoms with E-state index in [1.807, 2.05) is 30.5 Å². The molecule has 1 fully saturated rings. The number of hydrogen-bond donors (Lipinski definition) is 1. The molecule has 0 saturated carbocycles. The molecule has 0 bridgehead atoms. The van der Waals surface area contributed by atoms with E-state index in [2.05, 4.69) is 32.1 Å². The first kappa shape index (κ1) is 21.5. The van der Waals surface area contributed by atoms with Crippen molar-refractivity contribution in [3.63, 3.8) is 0 Å². The minimum Gasteiger partial charge on any atom is -0.344 e. The molecule has 1 saturated heterocycles. The topological polar surface area (TPSA) is 65.8 Å². The summed E-state index contributed by atoms with van der Waals surface area (Å²) in [7, 11) is 0. The van der Waals surface area contributed by atoms with E-state index in [1.54, 1.807) is 16.6 Å². The largest absolute Gasteiger partial charge is 0.344 e. The molecule has 33 heavy (non-hydrogen) atoms. The van der Waals surface area contributed by atoms with Crippen LogP contribution < -0.4 is 10.2 Å². The number of aromatic nitrogens is 3. The van der Waals surface area contributed by atoms with Crippen molar-refractivity contribution in [3.05, 3.63) is 66.1 Å². The number of halogens is 1. The van der Waals surface area contributed by atoms with E-state index >= 15 is 0 Å². The predicted molar refractivity (Wildman–Crippen MR) is 129 cm³/mol. The third kappa shape index (κ3) is 4.74. The Hall–Kier alpha value is -3.30. The molecule has 5 rings (SSSR count). The van der Waals surface area contributed by atoms with Crippen LogP contribution in [-0.2, 0) is 11.2 Å². The molecule has 170 valence electrons. The van der Waals surface area contributed by atoms with E-state index in [0.717, 1.165) is 65.2 Å². The lowest BCUT2D eigenvalue weighted by Gasteiger charge is -2.33. The molecule has 0 atom stereocenters. The second-order valence-electron chi connectivity index (χ2n) is 8.07. The van der Waals surface area contributed by atoms with E-state index in [4.69, 9.17) is 0 Å². The number of nitrogens with zero attached hydrogens (tertiary/aromatic N) is 5. The molecule has 1 amide bonds. The van der Waals surface area contributed by atoms with Crippen molar-refractivity contribution < 1.29 is 9.18 Å². The lowest BCUT2D eigenvalue weighted by atomic mass is 10.1. The molecule has 0 aliphatic carbocycles. The minimum atomic E-state index is -0.261. The molecule has 9 heteroatoms. The summed E-state index contributed by atoms with van der Waals surface area (Å²) in [6.45, 7) is 5.68. The van der Waals surface area contributed by atoms with Crippen molar-refractivity contribution in [1.29, 1.82) is 0 Å². The van der Waals surface area contributed by atoms with Crippen molar-refractivity contribution in [2.24, 2.45) is 0 Å². The van der Waals surface area contributed by atoms with Crippen LogP contribution in [0.1, 0.15) is 12.5 Å². The molecule has 7 nitrogen and oxygen atoms in total. The summed E-state index contributed by atoms with van der Waals surface area (Å²) in [5.41, 5.74) is 3.69. The number of rotatable bonds is 6. The van der Waals surface area contributed by atoms with Crippen LogP contribution in [0, 0.1) is 5.82 Å². The molecule has 0 unspecified atom stereocenters. The highest BCUT2D eigenvalue weighted by Crippen LogP contribution is 2.27. The smallest absolute Gasteiger partial charge is 0.238 e. The van der Waals surface area contributed by atoms with E-state index in [9.17, 15) is 9.18 Å². The average Bonchev–Trinajstić information content (AvgIpc) is 3.40. The highest BCUT2D eigenvalue weighted by atomic mass is 32.1. The van der Waals surface area contributed by atoms with Crippen LogP contribution in [0.25, 0.3) is 16.2 Å². The summed E-state index contributed by atoms with van der Waals surface area (Å²) in [5.74, 6) is -0.243. The molecule has 0 radical (unpaired) electrons. The maximum absolute atomic E-state index is 13.2. The number of benzene rings is 2. The van der Waals surface area contributed by atoms with E-state index in [1.165, 1.54) is 23.5 Å². The van der Waals surface area contributed by atoms with Gasteiger partial charge in [-0.3, -0.25) is 9.69 Å². The van der Waals surface area contributed by atoms with Gasteiger partial charge in [-0.1, -0.05) is 36.5 Å². The molecule has 1 aliphatic heterocycles. The first-order chi connectivity index (χ1) is 16.1. The van der Waals surface area contributed by atoms with Crippen LogP contribution in [0.3, 0.4) is 0 Å². The Labute approximate surface area is 195 Å². The average molecular weight is 465 g/mol. The Kier molecular flexibility index (Phi) is 6.06. The van der Waals surface area contributed by atoms with Gasteiger partial charge in [0.2, 0.25) is 16.0 Å². The molecular weight excluding hydrogens is 439 g/mol. The Morgan fingerprint density at radius 2 is 1.85 bits per heavy atom. The first-order valence-electron chi connectivity index (χ1n) is 11.1. The molecule has 2 aromatic carbocycles. The summed E-state index contributed by atoms with van der Waals surface area (Å²) in [5, 5.41) is 8.66. The molecule has 4 aromatic rings. The Morgan fingerprint density at radius 3 is 2.58 bits per heavy atom. The summed E-state index contributed by atoms with van der Waals surface area (Å²) >= 11 is 1.54. The van der Waals surface area contributed by atoms with Gasteiger partial charge in [0.15, 0.2) is 0 Å². The molecular formula is C24H25FN6OS. The second-order valence-corrected chi connectivity index (χ2v) is 9.00. The zero-order chi connectivity index (χ0) is 22.8. The first-order valence-corrected chi connectivity index (χ1v) is 11.9. The van der Waals surface area contributed by atoms with Gasteiger partial charge in [-0.2, -0.15) is 0 Å². The lowest BCUT2D eigenvalue weighted by Crippen LogP contribution is -2.48. The van der Waals surface area contributed by atoms with Gasteiger partial charge in [-0.05, 0) is 42.3 Å². The van der Waals surface area contributed by atoms with Crippen molar-refractivity contribution in [2.75, 3.05) is 42.9 Å².